The summed E-state index contributed by atoms with van der Waals surface area (Å²) in [6, 6.07) is 6.61. The van der Waals surface area contributed by atoms with E-state index in [0.717, 1.165) is 5.69 Å². The summed E-state index contributed by atoms with van der Waals surface area (Å²) in [6.45, 7) is 0. The van der Waals surface area contributed by atoms with Gasteiger partial charge in [0.25, 0.3) is 0 Å². The van der Waals surface area contributed by atoms with Crippen LogP contribution in [0, 0.1) is 0 Å². The summed E-state index contributed by atoms with van der Waals surface area (Å²) < 4.78 is 7.42. The van der Waals surface area contributed by atoms with E-state index in [9.17, 15) is 9.59 Å². The molecular formula is C14H9BrClNO3. The van der Waals surface area contributed by atoms with Crippen molar-refractivity contribution in [1.82, 2.24) is 4.57 Å². The Hall–Kier alpha value is -1.59. The van der Waals surface area contributed by atoms with Crippen molar-refractivity contribution >= 4 is 39.3 Å². The van der Waals surface area contributed by atoms with Gasteiger partial charge in [0.1, 0.15) is 0 Å². The zero-order chi connectivity index (χ0) is 14.4. The van der Waals surface area contributed by atoms with Gasteiger partial charge in [0.2, 0.25) is 5.78 Å². The zero-order valence-corrected chi connectivity index (χ0v) is 12.8. The van der Waals surface area contributed by atoms with E-state index in [-0.39, 0.29) is 18.2 Å². The van der Waals surface area contributed by atoms with Crippen LogP contribution in [0.25, 0.3) is 0 Å². The van der Waals surface area contributed by atoms with Crippen molar-refractivity contribution in [2.24, 2.45) is 7.05 Å². The summed E-state index contributed by atoms with van der Waals surface area (Å²) in [5.41, 5.74) is 1.73. The highest BCUT2D eigenvalue weighted by molar-refractivity contribution is 9.10. The molecule has 0 aliphatic carbocycles. The molecule has 0 saturated heterocycles. The molecular weight excluding hydrogens is 346 g/mol. The second-order valence-electron chi connectivity index (χ2n) is 4.51. The van der Waals surface area contributed by atoms with E-state index in [1.807, 2.05) is 0 Å². The fourth-order valence-corrected chi connectivity index (χ4v) is 2.70. The fourth-order valence-electron chi connectivity index (χ4n) is 2.21. The number of nitrogens with zero attached hydrogens (tertiary/aromatic N) is 1. The molecule has 0 N–H and O–H groups in total. The maximum Gasteiger partial charge on any atom is 0.317 e. The highest BCUT2D eigenvalue weighted by Crippen LogP contribution is 2.31. The minimum absolute atomic E-state index is 0.143. The van der Waals surface area contributed by atoms with Gasteiger partial charge in [0, 0.05) is 23.2 Å². The molecule has 20 heavy (non-hydrogen) atoms. The topological polar surface area (TPSA) is 48.3 Å². The van der Waals surface area contributed by atoms with Crippen LogP contribution in [0.5, 0.6) is 5.75 Å². The van der Waals surface area contributed by atoms with Crippen LogP contribution in [-0.2, 0) is 18.3 Å². The third-order valence-corrected chi connectivity index (χ3v) is 4.48. The van der Waals surface area contributed by atoms with E-state index < -0.39 is 0 Å². The second kappa shape index (κ2) is 4.75. The first-order valence-corrected chi connectivity index (χ1v) is 7.03. The highest BCUT2D eigenvalue weighted by atomic mass is 79.9. The quantitative estimate of drug-likeness (QED) is 0.615. The molecule has 6 heteroatoms. The van der Waals surface area contributed by atoms with E-state index in [1.165, 1.54) is 0 Å². The number of aromatic nitrogens is 1. The van der Waals surface area contributed by atoms with Crippen molar-refractivity contribution in [3.63, 3.8) is 0 Å². The van der Waals surface area contributed by atoms with Gasteiger partial charge in [-0.3, -0.25) is 9.59 Å². The minimum atomic E-state index is -0.293. The molecule has 0 bridgehead atoms. The van der Waals surface area contributed by atoms with Crippen molar-refractivity contribution in [2.75, 3.05) is 0 Å². The summed E-state index contributed by atoms with van der Waals surface area (Å²) >= 11 is 9.22. The monoisotopic (exact) mass is 353 g/mol. The summed E-state index contributed by atoms with van der Waals surface area (Å²) in [6.07, 6.45) is 0.198. The van der Waals surface area contributed by atoms with Crippen LogP contribution in [0.15, 0.2) is 28.7 Å². The summed E-state index contributed by atoms with van der Waals surface area (Å²) in [5, 5.41) is 0.546. The van der Waals surface area contributed by atoms with E-state index in [0.29, 0.717) is 26.5 Å². The molecule has 1 aliphatic heterocycles. The predicted molar refractivity (Wildman–Crippen MR) is 77.3 cm³/mol. The molecule has 4 nitrogen and oxygen atoms in total. The molecule has 0 unspecified atom stereocenters. The summed E-state index contributed by atoms with van der Waals surface area (Å²) in [5.74, 6) is 0.0306. The average molecular weight is 355 g/mol. The van der Waals surface area contributed by atoms with Crippen LogP contribution in [-0.4, -0.2) is 16.3 Å². The lowest BCUT2D eigenvalue weighted by molar-refractivity contribution is -0.131. The molecule has 1 aliphatic rings. The Kier molecular flexibility index (Phi) is 3.18. The summed E-state index contributed by atoms with van der Waals surface area (Å²) in [7, 11) is 1.75. The van der Waals surface area contributed by atoms with Crippen LogP contribution in [0.2, 0.25) is 5.02 Å². The Balaban J connectivity index is 2.01. The maximum absolute atomic E-state index is 12.5. The van der Waals surface area contributed by atoms with Crippen molar-refractivity contribution in [3.8, 4) is 5.75 Å². The van der Waals surface area contributed by atoms with Gasteiger partial charge in [-0.25, -0.2) is 0 Å². The fraction of sp³-hybridized carbons (Fsp3) is 0.143. The highest BCUT2D eigenvalue weighted by Gasteiger charge is 2.28. The number of benzene rings is 1. The number of halogens is 2. The Morgan fingerprint density at radius 1 is 1.40 bits per heavy atom. The largest absolute Gasteiger partial charge is 0.424 e. The third kappa shape index (κ3) is 2.07. The van der Waals surface area contributed by atoms with Gasteiger partial charge in [-0.2, -0.15) is 0 Å². The molecule has 0 radical (unpaired) electrons. The van der Waals surface area contributed by atoms with Crippen LogP contribution in [0.4, 0.5) is 0 Å². The number of rotatable bonds is 2. The number of fused-ring (bicyclic) bond motifs is 1. The maximum atomic E-state index is 12.5. The Morgan fingerprint density at radius 2 is 2.15 bits per heavy atom. The first-order valence-electron chi connectivity index (χ1n) is 5.86. The van der Waals surface area contributed by atoms with Gasteiger partial charge < -0.3 is 9.30 Å². The Labute approximate surface area is 128 Å². The lowest BCUT2D eigenvalue weighted by Gasteiger charge is -2.05. The standard InChI is InChI=1S/C14H9BrClNO3/c1-17-10-6-13(18)20-12(10)5-11(17)14(19)7-2-3-9(16)8(15)4-7/h2-5H,6H2,1H3. The Morgan fingerprint density at radius 3 is 2.80 bits per heavy atom. The van der Waals surface area contributed by atoms with Crippen molar-refractivity contribution in [1.29, 1.82) is 0 Å². The van der Waals surface area contributed by atoms with Gasteiger partial charge >= 0.3 is 5.97 Å². The minimum Gasteiger partial charge on any atom is -0.424 e. The molecule has 0 spiro atoms. The number of ketones is 1. The smallest absolute Gasteiger partial charge is 0.317 e. The predicted octanol–water partition coefficient (Wildman–Crippen LogP) is 3.13. The third-order valence-electron chi connectivity index (χ3n) is 3.27. The molecule has 2 aromatic rings. The van der Waals surface area contributed by atoms with E-state index in [1.54, 1.807) is 35.9 Å². The van der Waals surface area contributed by atoms with E-state index in [2.05, 4.69) is 15.9 Å². The molecule has 3 rings (SSSR count). The molecule has 102 valence electrons. The molecule has 0 fully saturated rings. The molecule has 1 aromatic carbocycles. The van der Waals surface area contributed by atoms with Crippen LogP contribution in [0.1, 0.15) is 21.7 Å². The number of carbonyl (C=O) groups excluding carboxylic acids is 2. The molecule has 2 heterocycles. The summed E-state index contributed by atoms with van der Waals surface area (Å²) in [4.78, 5) is 23.7. The average Bonchev–Trinajstić information content (AvgIpc) is 2.91. The van der Waals surface area contributed by atoms with Crippen LogP contribution >= 0.6 is 27.5 Å². The molecule has 1 aromatic heterocycles. The number of ether oxygens (including phenoxy) is 1. The van der Waals surface area contributed by atoms with Crippen molar-refractivity contribution in [3.05, 3.63) is 50.7 Å². The van der Waals surface area contributed by atoms with Crippen LogP contribution in [0.3, 0.4) is 0 Å². The van der Waals surface area contributed by atoms with Crippen LogP contribution < -0.4 is 4.74 Å². The molecule has 0 amide bonds. The first-order chi connectivity index (χ1) is 9.47. The number of esters is 1. The second-order valence-corrected chi connectivity index (χ2v) is 5.77. The molecule has 0 saturated carbocycles. The van der Waals surface area contributed by atoms with E-state index in [4.69, 9.17) is 16.3 Å². The zero-order valence-electron chi connectivity index (χ0n) is 10.4. The lowest BCUT2D eigenvalue weighted by Crippen LogP contribution is -2.11. The van der Waals surface area contributed by atoms with E-state index >= 15 is 0 Å². The van der Waals surface area contributed by atoms with Crippen molar-refractivity contribution < 1.29 is 14.3 Å². The molecule has 0 atom stereocenters. The number of hydrogen-bond donors (Lipinski definition) is 0. The Bertz CT molecular complexity index is 751. The van der Waals surface area contributed by atoms with Gasteiger partial charge in [-0.05, 0) is 34.1 Å². The van der Waals surface area contributed by atoms with Gasteiger partial charge in [0.15, 0.2) is 5.75 Å². The van der Waals surface area contributed by atoms with Gasteiger partial charge in [-0.1, -0.05) is 11.6 Å². The van der Waals surface area contributed by atoms with Gasteiger partial charge in [0.05, 0.1) is 22.8 Å². The van der Waals surface area contributed by atoms with Crippen molar-refractivity contribution in [2.45, 2.75) is 6.42 Å². The lowest BCUT2D eigenvalue weighted by atomic mass is 10.1. The normalized spacial score (nSPS) is 13.2. The number of carbonyl (C=O) groups is 2. The first kappa shape index (κ1) is 13.4. The SMILES string of the molecule is Cn1c(C(=O)c2ccc(Cl)c(Br)c2)cc2c1CC(=O)O2. The number of hydrogen-bond acceptors (Lipinski definition) is 3. The van der Waals surface area contributed by atoms with Gasteiger partial charge in [-0.15, -0.1) is 0 Å².